The number of nitrogens with zero attached hydrogens (tertiary/aromatic N) is 1. The van der Waals surface area contributed by atoms with E-state index in [2.05, 4.69) is 27.3 Å². The Balaban J connectivity index is 2.33. The molecule has 9 heteroatoms. The molecule has 140 valence electrons. The van der Waals surface area contributed by atoms with Gasteiger partial charge in [0.25, 0.3) is 5.91 Å². The van der Waals surface area contributed by atoms with Gasteiger partial charge in [0, 0.05) is 6.54 Å². The first kappa shape index (κ1) is 21.0. The number of hydrogen-bond acceptors (Lipinski definition) is 7. The molecule has 0 atom stereocenters. The Morgan fingerprint density at radius 3 is 2.65 bits per heavy atom. The van der Waals surface area contributed by atoms with Crippen molar-refractivity contribution >= 4 is 68.8 Å². The van der Waals surface area contributed by atoms with Crippen LogP contribution in [0.25, 0.3) is 6.08 Å². The summed E-state index contributed by atoms with van der Waals surface area (Å²) in [5.41, 5.74) is 0.792. The number of carbonyl (C=O) groups excluding carboxylic acids is 2. The van der Waals surface area contributed by atoms with Gasteiger partial charge in [0.1, 0.15) is 4.32 Å². The average molecular weight is 507 g/mol. The van der Waals surface area contributed by atoms with Crippen LogP contribution in [0.1, 0.15) is 19.4 Å². The van der Waals surface area contributed by atoms with E-state index in [0.29, 0.717) is 33.9 Å². The first-order valence-electron chi connectivity index (χ1n) is 7.82. The molecule has 0 N–H and O–H groups in total. The number of thioether (sulfide) groups is 1. The van der Waals surface area contributed by atoms with Gasteiger partial charge in [-0.3, -0.25) is 9.69 Å². The Morgan fingerprint density at radius 2 is 2.08 bits per heavy atom. The van der Waals surface area contributed by atoms with Crippen molar-refractivity contribution in [1.82, 2.24) is 4.90 Å². The first-order valence-corrected chi connectivity index (χ1v) is 10.1. The predicted molar refractivity (Wildman–Crippen MR) is 113 cm³/mol. The molecule has 0 unspecified atom stereocenters. The Labute approximate surface area is 175 Å². The fourth-order valence-electron chi connectivity index (χ4n) is 2.19. The van der Waals surface area contributed by atoms with E-state index in [1.165, 1.54) is 18.9 Å². The van der Waals surface area contributed by atoms with E-state index < -0.39 is 5.97 Å². The fourth-order valence-corrected chi connectivity index (χ4v) is 4.35. The minimum atomic E-state index is -0.476. The summed E-state index contributed by atoms with van der Waals surface area (Å²) in [5, 5.41) is 0. The van der Waals surface area contributed by atoms with Gasteiger partial charge in [0.2, 0.25) is 0 Å². The van der Waals surface area contributed by atoms with Gasteiger partial charge in [0.15, 0.2) is 18.1 Å². The van der Waals surface area contributed by atoms with Crippen LogP contribution in [0.4, 0.5) is 0 Å². The van der Waals surface area contributed by atoms with Crippen molar-refractivity contribution in [3.8, 4) is 11.5 Å². The molecule has 0 aliphatic carbocycles. The zero-order valence-corrected chi connectivity index (χ0v) is 18.3. The van der Waals surface area contributed by atoms with E-state index >= 15 is 0 Å². The summed E-state index contributed by atoms with van der Waals surface area (Å²) >= 11 is 8.62. The highest BCUT2D eigenvalue weighted by Crippen LogP contribution is 2.37. The van der Waals surface area contributed by atoms with E-state index in [9.17, 15) is 9.59 Å². The minimum Gasteiger partial charge on any atom is -0.490 e. The molecule has 1 aliphatic rings. The number of likely N-dealkylation sites (N-methyl/N-ethyl adjacent to an activating group) is 1. The second-order valence-electron chi connectivity index (χ2n) is 5.05. The lowest BCUT2D eigenvalue weighted by Crippen LogP contribution is -2.27. The first-order chi connectivity index (χ1) is 12.4. The molecule has 1 aromatic rings. The Kier molecular flexibility index (Phi) is 7.71. The second-order valence-corrected chi connectivity index (χ2v) is 7.89. The summed E-state index contributed by atoms with van der Waals surface area (Å²) in [4.78, 5) is 25.8. The van der Waals surface area contributed by atoms with Crippen LogP contribution in [0.15, 0.2) is 17.0 Å². The minimum absolute atomic E-state index is 0.0958. The lowest BCUT2D eigenvalue weighted by molar-refractivity contribution is -0.143. The molecule has 0 saturated carbocycles. The van der Waals surface area contributed by atoms with Gasteiger partial charge in [0.05, 0.1) is 22.2 Å². The zero-order chi connectivity index (χ0) is 19.3. The fraction of sp³-hybridized carbons (Fsp3) is 0.353. The number of hydrogen-bond donors (Lipinski definition) is 0. The van der Waals surface area contributed by atoms with Crippen LogP contribution in [0.5, 0.6) is 11.5 Å². The molecule has 1 saturated heterocycles. The van der Waals surface area contributed by atoms with E-state index in [4.69, 9.17) is 21.7 Å². The third kappa shape index (κ3) is 4.89. The van der Waals surface area contributed by atoms with Crippen molar-refractivity contribution < 1.29 is 23.8 Å². The number of benzene rings is 1. The van der Waals surface area contributed by atoms with Crippen LogP contribution >= 0.6 is 46.6 Å². The van der Waals surface area contributed by atoms with Gasteiger partial charge < -0.3 is 14.2 Å². The molecule has 1 fully saturated rings. The quantitative estimate of drug-likeness (QED) is 0.243. The van der Waals surface area contributed by atoms with E-state index in [1.807, 2.05) is 19.9 Å². The molecular formula is C17H18INO5S2. The van der Waals surface area contributed by atoms with Crippen molar-refractivity contribution in [1.29, 1.82) is 0 Å². The standard InChI is InChI=1S/C17H18INO5S2/c1-4-19-16(21)13(26-17(19)25)8-10-6-11(18)15(12(7-10)23-5-2)24-9-14(20)22-3/h6-8H,4-5,9H2,1-3H3/b13-8-. The number of esters is 1. The predicted octanol–water partition coefficient (Wildman–Crippen LogP) is 3.46. The monoisotopic (exact) mass is 507 g/mol. The van der Waals surface area contributed by atoms with Crippen LogP contribution in [-0.2, 0) is 14.3 Å². The summed E-state index contributed by atoms with van der Waals surface area (Å²) in [5.74, 6) is 0.397. The number of halogens is 1. The van der Waals surface area contributed by atoms with Crippen molar-refractivity contribution in [2.45, 2.75) is 13.8 Å². The molecule has 1 aliphatic heterocycles. The molecule has 0 spiro atoms. The smallest absolute Gasteiger partial charge is 0.343 e. The highest BCUT2D eigenvalue weighted by Gasteiger charge is 2.30. The van der Waals surface area contributed by atoms with Crippen molar-refractivity contribution in [2.75, 3.05) is 26.9 Å². The maximum atomic E-state index is 12.4. The molecule has 0 radical (unpaired) electrons. The average Bonchev–Trinajstić information content (AvgIpc) is 2.87. The second kappa shape index (κ2) is 9.56. The highest BCUT2D eigenvalue weighted by atomic mass is 127. The largest absolute Gasteiger partial charge is 0.490 e. The Bertz CT molecular complexity index is 766. The number of amides is 1. The number of methoxy groups -OCH3 is 1. The van der Waals surface area contributed by atoms with Crippen molar-refractivity contribution in [3.05, 3.63) is 26.2 Å². The van der Waals surface area contributed by atoms with Gasteiger partial charge in [-0.15, -0.1) is 0 Å². The summed E-state index contributed by atoms with van der Waals surface area (Å²) in [6.07, 6.45) is 1.78. The highest BCUT2D eigenvalue weighted by molar-refractivity contribution is 14.1. The summed E-state index contributed by atoms with van der Waals surface area (Å²) in [6.45, 7) is 4.52. The van der Waals surface area contributed by atoms with Gasteiger partial charge >= 0.3 is 5.97 Å². The molecular weight excluding hydrogens is 489 g/mol. The maximum Gasteiger partial charge on any atom is 0.343 e. The van der Waals surface area contributed by atoms with E-state index in [-0.39, 0.29) is 12.5 Å². The molecule has 1 heterocycles. The third-order valence-corrected chi connectivity index (χ3v) is 5.56. The molecule has 2 rings (SSSR count). The SMILES string of the molecule is CCOc1cc(/C=C2\SC(=S)N(CC)C2=O)cc(I)c1OCC(=O)OC. The lowest BCUT2D eigenvalue weighted by Gasteiger charge is -2.14. The molecule has 1 amide bonds. The summed E-state index contributed by atoms with van der Waals surface area (Å²) in [6, 6.07) is 3.63. The molecule has 6 nitrogen and oxygen atoms in total. The summed E-state index contributed by atoms with van der Waals surface area (Å²) < 4.78 is 17.1. The van der Waals surface area contributed by atoms with Crippen molar-refractivity contribution in [2.24, 2.45) is 0 Å². The number of ether oxygens (including phenoxy) is 3. The van der Waals surface area contributed by atoms with Crippen LogP contribution in [-0.4, -0.2) is 48.0 Å². The van der Waals surface area contributed by atoms with Gasteiger partial charge in [-0.1, -0.05) is 24.0 Å². The van der Waals surface area contributed by atoms with Crippen LogP contribution in [0.3, 0.4) is 0 Å². The molecule has 0 aromatic heterocycles. The number of carbonyl (C=O) groups is 2. The van der Waals surface area contributed by atoms with Crippen LogP contribution in [0, 0.1) is 3.57 Å². The zero-order valence-electron chi connectivity index (χ0n) is 14.5. The van der Waals surface area contributed by atoms with Gasteiger partial charge in [-0.2, -0.15) is 0 Å². The number of rotatable bonds is 7. The van der Waals surface area contributed by atoms with E-state index in [0.717, 1.165) is 9.13 Å². The van der Waals surface area contributed by atoms with Crippen molar-refractivity contribution in [3.63, 3.8) is 0 Å². The van der Waals surface area contributed by atoms with Crippen LogP contribution in [0.2, 0.25) is 0 Å². The summed E-state index contributed by atoms with van der Waals surface area (Å²) in [7, 11) is 1.30. The third-order valence-electron chi connectivity index (χ3n) is 3.38. The Morgan fingerprint density at radius 1 is 1.35 bits per heavy atom. The maximum absolute atomic E-state index is 12.4. The topological polar surface area (TPSA) is 65.1 Å². The van der Waals surface area contributed by atoms with E-state index in [1.54, 1.807) is 17.0 Å². The normalized spacial score (nSPS) is 15.5. The van der Waals surface area contributed by atoms with Crippen LogP contribution < -0.4 is 9.47 Å². The Hall–Kier alpha value is -1.33. The van der Waals surface area contributed by atoms with Gasteiger partial charge in [-0.25, -0.2) is 4.79 Å². The number of thiocarbonyl (C=S) groups is 1. The molecule has 1 aromatic carbocycles. The lowest BCUT2D eigenvalue weighted by atomic mass is 10.2. The van der Waals surface area contributed by atoms with Gasteiger partial charge in [-0.05, 0) is 60.2 Å². The molecule has 26 heavy (non-hydrogen) atoms. The molecule has 0 bridgehead atoms.